The molecule has 0 aliphatic carbocycles. The van der Waals surface area contributed by atoms with E-state index < -0.39 is 0 Å². The summed E-state index contributed by atoms with van der Waals surface area (Å²) in [6.45, 7) is 4.13. The van der Waals surface area contributed by atoms with E-state index in [1.54, 1.807) is 11.8 Å². The Balaban J connectivity index is 2.40. The summed E-state index contributed by atoms with van der Waals surface area (Å²) < 4.78 is 0. The van der Waals surface area contributed by atoms with Crippen LogP contribution in [0.25, 0.3) is 5.70 Å². The van der Waals surface area contributed by atoms with Crippen molar-refractivity contribution in [2.75, 3.05) is 0 Å². The lowest BCUT2D eigenvalue weighted by atomic mass is 10.1. The first-order chi connectivity index (χ1) is 7.12. The van der Waals surface area contributed by atoms with E-state index in [1.807, 2.05) is 30.3 Å². The molecule has 1 heterocycles. The van der Waals surface area contributed by atoms with Gasteiger partial charge in [-0.25, -0.2) is 0 Å². The molecule has 78 valence electrons. The van der Waals surface area contributed by atoms with E-state index in [4.69, 9.17) is 0 Å². The van der Waals surface area contributed by atoms with Gasteiger partial charge >= 0.3 is 0 Å². The van der Waals surface area contributed by atoms with Crippen molar-refractivity contribution in [3.8, 4) is 0 Å². The summed E-state index contributed by atoms with van der Waals surface area (Å²) >= 11 is 1.57. The third kappa shape index (κ3) is 2.07. The van der Waals surface area contributed by atoms with Crippen LogP contribution in [0.4, 0.5) is 0 Å². The molecule has 0 bridgehead atoms. The van der Waals surface area contributed by atoms with Gasteiger partial charge in [0.05, 0.1) is 15.5 Å². The quantitative estimate of drug-likeness (QED) is 0.775. The molecular formula is C12H13NOS. The van der Waals surface area contributed by atoms with Gasteiger partial charge in [0.2, 0.25) is 0 Å². The van der Waals surface area contributed by atoms with E-state index in [0.29, 0.717) is 0 Å². The normalized spacial score (nSPS) is 18.8. The Morgan fingerprint density at radius 3 is 2.53 bits per heavy atom. The van der Waals surface area contributed by atoms with Crippen LogP contribution in [0.5, 0.6) is 0 Å². The highest BCUT2D eigenvalue weighted by Crippen LogP contribution is 2.40. The molecule has 15 heavy (non-hydrogen) atoms. The van der Waals surface area contributed by atoms with Crippen molar-refractivity contribution >= 4 is 23.7 Å². The monoisotopic (exact) mass is 219 g/mol. The average molecular weight is 219 g/mol. The Morgan fingerprint density at radius 2 is 1.93 bits per heavy atom. The number of carbonyl (C=O) groups excluding carboxylic acids is 1. The number of carbonyl (C=O) groups is 1. The zero-order chi connectivity index (χ0) is 10.9. The Morgan fingerprint density at radius 1 is 1.27 bits per heavy atom. The molecule has 0 saturated heterocycles. The number of aldehydes is 1. The summed E-state index contributed by atoms with van der Waals surface area (Å²) in [6.07, 6.45) is 0.925. The van der Waals surface area contributed by atoms with Crippen molar-refractivity contribution in [3.63, 3.8) is 0 Å². The first-order valence-corrected chi connectivity index (χ1v) is 5.66. The van der Waals surface area contributed by atoms with Gasteiger partial charge in [0.1, 0.15) is 0 Å². The van der Waals surface area contributed by atoms with E-state index in [1.165, 1.54) is 0 Å². The van der Waals surface area contributed by atoms with Gasteiger partial charge in [-0.15, -0.1) is 0 Å². The third-order valence-electron chi connectivity index (χ3n) is 2.21. The molecule has 0 atom stereocenters. The molecule has 1 aliphatic heterocycles. The van der Waals surface area contributed by atoms with Gasteiger partial charge < -0.3 is 5.32 Å². The van der Waals surface area contributed by atoms with Crippen molar-refractivity contribution in [2.24, 2.45) is 0 Å². The fourth-order valence-corrected chi connectivity index (χ4v) is 2.64. The summed E-state index contributed by atoms with van der Waals surface area (Å²) in [5, 5.41) is 3.36. The maximum absolute atomic E-state index is 11.0. The van der Waals surface area contributed by atoms with Crippen molar-refractivity contribution in [1.82, 2.24) is 5.32 Å². The summed E-state index contributed by atoms with van der Waals surface area (Å²) in [5.41, 5.74) is 2.01. The number of nitrogens with one attached hydrogen (secondary N) is 1. The molecule has 0 spiro atoms. The van der Waals surface area contributed by atoms with Gasteiger partial charge in [0.15, 0.2) is 6.29 Å². The number of thioether (sulfide) groups is 1. The SMILES string of the molecule is CC1(C)NC(c2ccccc2)=C(C=O)S1. The lowest BCUT2D eigenvalue weighted by Crippen LogP contribution is -2.29. The molecule has 0 radical (unpaired) electrons. The standard InChI is InChI=1S/C12H13NOS/c1-12(2)13-11(10(8-14)15-12)9-6-4-3-5-7-9/h3-8,13H,1-2H3. The third-order valence-corrected chi connectivity index (χ3v) is 3.34. The van der Waals surface area contributed by atoms with E-state index in [2.05, 4.69) is 19.2 Å². The van der Waals surface area contributed by atoms with Crippen LogP contribution in [0, 0.1) is 0 Å². The second kappa shape index (κ2) is 3.74. The fraction of sp³-hybridized carbons (Fsp3) is 0.250. The number of benzene rings is 1. The van der Waals surface area contributed by atoms with Crippen molar-refractivity contribution < 1.29 is 4.79 Å². The summed E-state index contributed by atoms with van der Waals surface area (Å²) in [5.74, 6) is 0. The lowest BCUT2D eigenvalue weighted by molar-refractivity contribution is -0.104. The van der Waals surface area contributed by atoms with Crippen LogP contribution < -0.4 is 5.32 Å². The van der Waals surface area contributed by atoms with Crippen molar-refractivity contribution in [3.05, 3.63) is 40.8 Å². The Bertz CT molecular complexity index is 409. The lowest BCUT2D eigenvalue weighted by Gasteiger charge is -2.19. The zero-order valence-electron chi connectivity index (χ0n) is 8.78. The number of hydrogen-bond acceptors (Lipinski definition) is 3. The molecule has 1 aromatic rings. The molecule has 2 rings (SSSR count). The van der Waals surface area contributed by atoms with E-state index in [0.717, 1.165) is 22.5 Å². The van der Waals surface area contributed by atoms with Gasteiger partial charge in [0.25, 0.3) is 0 Å². The largest absolute Gasteiger partial charge is 0.369 e. The summed E-state index contributed by atoms with van der Waals surface area (Å²) in [6, 6.07) is 9.93. The summed E-state index contributed by atoms with van der Waals surface area (Å²) in [4.78, 5) is 11.6. The molecule has 0 fully saturated rings. The van der Waals surface area contributed by atoms with Gasteiger partial charge in [-0.3, -0.25) is 4.79 Å². The molecule has 1 N–H and O–H groups in total. The number of allylic oxidation sites excluding steroid dienone is 1. The highest BCUT2D eigenvalue weighted by atomic mass is 32.2. The Hall–Kier alpha value is -1.22. The minimum absolute atomic E-state index is 0.0958. The van der Waals surface area contributed by atoms with Gasteiger partial charge in [0, 0.05) is 0 Å². The smallest absolute Gasteiger partial charge is 0.158 e. The van der Waals surface area contributed by atoms with Gasteiger partial charge in [-0.2, -0.15) is 0 Å². The molecule has 0 saturated carbocycles. The highest BCUT2D eigenvalue weighted by Gasteiger charge is 2.30. The topological polar surface area (TPSA) is 29.1 Å². The second-order valence-electron chi connectivity index (χ2n) is 3.96. The van der Waals surface area contributed by atoms with Gasteiger partial charge in [-0.1, -0.05) is 42.1 Å². The van der Waals surface area contributed by atoms with Crippen LogP contribution in [0.1, 0.15) is 19.4 Å². The van der Waals surface area contributed by atoms with Crippen LogP contribution in [0.3, 0.4) is 0 Å². The first kappa shape index (κ1) is 10.3. The molecule has 1 aliphatic rings. The Labute approximate surface area is 93.8 Å². The summed E-state index contributed by atoms with van der Waals surface area (Å²) in [7, 11) is 0. The molecule has 0 unspecified atom stereocenters. The Kier molecular flexibility index (Phi) is 2.57. The molecule has 1 aromatic carbocycles. The van der Waals surface area contributed by atoms with E-state index >= 15 is 0 Å². The number of hydrogen-bond donors (Lipinski definition) is 1. The van der Waals surface area contributed by atoms with Crippen molar-refractivity contribution in [2.45, 2.75) is 18.7 Å². The predicted molar refractivity (Wildman–Crippen MR) is 64.2 cm³/mol. The van der Waals surface area contributed by atoms with Gasteiger partial charge in [-0.05, 0) is 19.4 Å². The predicted octanol–water partition coefficient (Wildman–Crippen LogP) is 2.63. The molecule has 0 aromatic heterocycles. The molecule has 0 amide bonds. The maximum Gasteiger partial charge on any atom is 0.158 e. The first-order valence-electron chi connectivity index (χ1n) is 4.84. The highest BCUT2D eigenvalue weighted by molar-refractivity contribution is 8.05. The van der Waals surface area contributed by atoms with Crippen LogP contribution in [0.2, 0.25) is 0 Å². The minimum atomic E-state index is -0.0958. The molecule has 3 heteroatoms. The van der Waals surface area contributed by atoms with Crippen LogP contribution in [0.15, 0.2) is 35.2 Å². The minimum Gasteiger partial charge on any atom is -0.369 e. The second-order valence-corrected chi connectivity index (χ2v) is 5.63. The maximum atomic E-state index is 11.0. The average Bonchev–Trinajstić information content (AvgIpc) is 2.55. The van der Waals surface area contributed by atoms with Crippen molar-refractivity contribution in [1.29, 1.82) is 0 Å². The molecular weight excluding hydrogens is 206 g/mol. The van der Waals surface area contributed by atoms with E-state index in [-0.39, 0.29) is 4.87 Å². The van der Waals surface area contributed by atoms with Crippen LogP contribution in [-0.2, 0) is 4.79 Å². The van der Waals surface area contributed by atoms with Crippen LogP contribution in [-0.4, -0.2) is 11.2 Å². The molecule has 2 nitrogen and oxygen atoms in total. The van der Waals surface area contributed by atoms with Crippen LogP contribution >= 0.6 is 11.8 Å². The van der Waals surface area contributed by atoms with E-state index in [9.17, 15) is 4.79 Å². The zero-order valence-corrected chi connectivity index (χ0v) is 9.60. The number of rotatable bonds is 2. The fourth-order valence-electron chi connectivity index (χ4n) is 1.62.